The lowest BCUT2D eigenvalue weighted by Crippen LogP contribution is -2.25. The quantitative estimate of drug-likeness (QED) is 0.799. The number of aromatic nitrogens is 1. The number of aliphatic carboxylic acids is 1. The fraction of sp³-hybridized carbons (Fsp3) is 0.375. The molecule has 0 aliphatic rings. The molecule has 0 radical (unpaired) electrons. The highest BCUT2D eigenvalue weighted by atomic mass is 32.1. The number of hydrogen-bond acceptors (Lipinski definition) is 6. The standard InChI is InChI=1S/C16H20N2O4S/c1-4-22-13-6-5-11(7-14(13)21-3)16-17-12(10-23-16)8-18(2)9-15(19)20/h5-7,10H,4,8-9H2,1-3H3,(H,19,20). The van der Waals surface area contributed by atoms with Crippen LogP contribution in [0.2, 0.25) is 0 Å². The van der Waals surface area contributed by atoms with Gasteiger partial charge >= 0.3 is 5.97 Å². The summed E-state index contributed by atoms with van der Waals surface area (Å²) in [4.78, 5) is 17.0. The van der Waals surface area contributed by atoms with Crippen LogP contribution in [-0.2, 0) is 11.3 Å². The van der Waals surface area contributed by atoms with Crippen molar-refractivity contribution in [3.8, 4) is 22.1 Å². The van der Waals surface area contributed by atoms with Crippen molar-refractivity contribution in [3.05, 3.63) is 29.3 Å². The van der Waals surface area contributed by atoms with E-state index in [1.54, 1.807) is 19.1 Å². The van der Waals surface area contributed by atoms with Crippen LogP contribution >= 0.6 is 11.3 Å². The zero-order valence-corrected chi connectivity index (χ0v) is 14.2. The number of carbonyl (C=O) groups is 1. The molecule has 0 aliphatic carbocycles. The maximum atomic E-state index is 10.7. The molecule has 0 saturated carbocycles. The van der Waals surface area contributed by atoms with Crippen LogP contribution in [0.5, 0.6) is 11.5 Å². The van der Waals surface area contributed by atoms with E-state index in [0.29, 0.717) is 24.7 Å². The Hall–Kier alpha value is -2.12. The molecule has 1 aromatic carbocycles. The number of nitrogens with zero attached hydrogens (tertiary/aromatic N) is 2. The second-order valence-electron chi connectivity index (χ2n) is 5.01. The van der Waals surface area contributed by atoms with Gasteiger partial charge in [0.25, 0.3) is 0 Å². The van der Waals surface area contributed by atoms with Gasteiger partial charge in [0, 0.05) is 17.5 Å². The van der Waals surface area contributed by atoms with Crippen molar-refractivity contribution in [3.63, 3.8) is 0 Å². The third kappa shape index (κ3) is 4.67. The predicted molar refractivity (Wildman–Crippen MR) is 89.2 cm³/mol. The Bertz CT molecular complexity index is 672. The highest BCUT2D eigenvalue weighted by Crippen LogP contribution is 2.33. The zero-order valence-electron chi connectivity index (χ0n) is 13.4. The van der Waals surface area contributed by atoms with Crippen LogP contribution in [0.3, 0.4) is 0 Å². The Labute approximate surface area is 139 Å². The molecule has 2 aromatic rings. The van der Waals surface area contributed by atoms with Crippen LogP contribution in [0, 0.1) is 0 Å². The van der Waals surface area contributed by atoms with Crippen molar-refractivity contribution in [2.75, 3.05) is 27.3 Å². The highest BCUT2D eigenvalue weighted by molar-refractivity contribution is 7.13. The van der Waals surface area contributed by atoms with Gasteiger partial charge in [-0.3, -0.25) is 9.69 Å². The van der Waals surface area contributed by atoms with Crippen molar-refractivity contribution in [1.82, 2.24) is 9.88 Å². The minimum absolute atomic E-state index is 0.0102. The van der Waals surface area contributed by atoms with E-state index in [9.17, 15) is 4.79 Å². The van der Waals surface area contributed by atoms with E-state index < -0.39 is 5.97 Å². The normalized spacial score (nSPS) is 10.8. The van der Waals surface area contributed by atoms with E-state index in [0.717, 1.165) is 16.3 Å². The van der Waals surface area contributed by atoms with E-state index in [1.807, 2.05) is 30.5 Å². The largest absolute Gasteiger partial charge is 0.493 e. The summed E-state index contributed by atoms with van der Waals surface area (Å²) >= 11 is 1.52. The average molecular weight is 336 g/mol. The van der Waals surface area contributed by atoms with Crippen LogP contribution < -0.4 is 9.47 Å². The third-order valence-corrected chi connectivity index (χ3v) is 4.04. The highest BCUT2D eigenvalue weighted by Gasteiger charge is 2.12. The molecule has 1 N–H and O–H groups in total. The minimum Gasteiger partial charge on any atom is -0.493 e. The first kappa shape index (κ1) is 17.2. The minimum atomic E-state index is -0.848. The van der Waals surface area contributed by atoms with Gasteiger partial charge in [0.2, 0.25) is 0 Å². The molecule has 0 unspecified atom stereocenters. The maximum absolute atomic E-state index is 10.7. The molecule has 1 heterocycles. The van der Waals surface area contributed by atoms with Crippen LogP contribution in [0.15, 0.2) is 23.6 Å². The summed E-state index contributed by atoms with van der Waals surface area (Å²) in [6.45, 7) is 2.99. The first-order valence-electron chi connectivity index (χ1n) is 7.19. The van der Waals surface area contributed by atoms with E-state index in [2.05, 4.69) is 4.98 Å². The fourth-order valence-corrected chi connectivity index (χ4v) is 2.96. The first-order valence-corrected chi connectivity index (χ1v) is 8.07. The van der Waals surface area contributed by atoms with Gasteiger partial charge < -0.3 is 14.6 Å². The van der Waals surface area contributed by atoms with Crippen molar-refractivity contribution >= 4 is 17.3 Å². The number of carboxylic acids is 1. The Morgan fingerprint density at radius 2 is 2.17 bits per heavy atom. The van der Waals surface area contributed by atoms with Crippen molar-refractivity contribution in [1.29, 1.82) is 0 Å². The van der Waals surface area contributed by atoms with Crippen molar-refractivity contribution < 1.29 is 19.4 Å². The van der Waals surface area contributed by atoms with Crippen LogP contribution in [0.4, 0.5) is 0 Å². The Morgan fingerprint density at radius 3 is 2.83 bits per heavy atom. The Balaban J connectivity index is 2.15. The van der Waals surface area contributed by atoms with Gasteiger partial charge in [-0.1, -0.05) is 0 Å². The summed E-state index contributed by atoms with van der Waals surface area (Å²) in [5.41, 5.74) is 1.80. The molecule has 124 valence electrons. The Kier molecular flexibility index (Phi) is 5.95. The van der Waals surface area contributed by atoms with E-state index in [4.69, 9.17) is 14.6 Å². The maximum Gasteiger partial charge on any atom is 0.317 e. The lowest BCUT2D eigenvalue weighted by atomic mass is 10.2. The predicted octanol–water partition coefficient (Wildman–Crippen LogP) is 2.73. The van der Waals surface area contributed by atoms with E-state index in [-0.39, 0.29) is 6.54 Å². The van der Waals surface area contributed by atoms with Gasteiger partial charge in [0.15, 0.2) is 11.5 Å². The van der Waals surface area contributed by atoms with Gasteiger partial charge in [0.05, 0.1) is 26.0 Å². The average Bonchev–Trinajstić information content (AvgIpc) is 2.95. The summed E-state index contributed by atoms with van der Waals surface area (Å²) in [6.07, 6.45) is 0. The second-order valence-corrected chi connectivity index (χ2v) is 5.87. The van der Waals surface area contributed by atoms with Gasteiger partial charge in [0.1, 0.15) is 5.01 Å². The molecule has 0 spiro atoms. The lowest BCUT2D eigenvalue weighted by molar-refractivity contribution is -0.138. The second kappa shape index (κ2) is 7.94. The molecule has 6 nitrogen and oxygen atoms in total. The topological polar surface area (TPSA) is 71.9 Å². The molecule has 23 heavy (non-hydrogen) atoms. The van der Waals surface area contributed by atoms with Crippen LogP contribution in [-0.4, -0.2) is 48.3 Å². The number of ether oxygens (including phenoxy) is 2. The smallest absolute Gasteiger partial charge is 0.317 e. The van der Waals surface area contributed by atoms with Gasteiger partial charge in [-0.05, 0) is 32.2 Å². The lowest BCUT2D eigenvalue weighted by Gasteiger charge is -2.11. The fourth-order valence-electron chi connectivity index (χ4n) is 2.15. The number of methoxy groups -OCH3 is 1. The SMILES string of the molecule is CCOc1ccc(-c2nc(CN(C)CC(=O)O)cs2)cc1OC. The number of carboxylic acid groups (broad SMARTS) is 1. The molecule has 2 rings (SSSR count). The van der Waals surface area contributed by atoms with Crippen molar-refractivity contribution in [2.24, 2.45) is 0 Å². The number of likely N-dealkylation sites (N-methyl/N-ethyl adjacent to an activating group) is 1. The van der Waals surface area contributed by atoms with Gasteiger partial charge in [-0.25, -0.2) is 4.98 Å². The summed E-state index contributed by atoms with van der Waals surface area (Å²) < 4.78 is 10.9. The number of hydrogen-bond donors (Lipinski definition) is 1. The summed E-state index contributed by atoms with van der Waals surface area (Å²) in [5, 5.41) is 11.6. The molecule has 1 aromatic heterocycles. The molecule has 0 fully saturated rings. The summed E-state index contributed by atoms with van der Waals surface area (Å²) in [5.74, 6) is 0.528. The van der Waals surface area contributed by atoms with Gasteiger partial charge in [-0.2, -0.15) is 0 Å². The van der Waals surface area contributed by atoms with E-state index >= 15 is 0 Å². The number of benzene rings is 1. The van der Waals surface area contributed by atoms with Crippen LogP contribution in [0.25, 0.3) is 10.6 Å². The summed E-state index contributed by atoms with van der Waals surface area (Å²) in [7, 11) is 3.36. The number of thiazole rings is 1. The molecule has 0 aliphatic heterocycles. The molecule has 0 amide bonds. The van der Waals surface area contributed by atoms with Crippen molar-refractivity contribution in [2.45, 2.75) is 13.5 Å². The molecule has 0 atom stereocenters. The molecule has 7 heteroatoms. The monoisotopic (exact) mass is 336 g/mol. The van der Waals surface area contributed by atoms with Crippen LogP contribution in [0.1, 0.15) is 12.6 Å². The summed E-state index contributed by atoms with van der Waals surface area (Å²) in [6, 6.07) is 5.71. The van der Waals surface area contributed by atoms with Gasteiger partial charge in [-0.15, -0.1) is 11.3 Å². The number of rotatable bonds is 8. The Morgan fingerprint density at radius 1 is 1.39 bits per heavy atom. The third-order valence-electron chi connectivity index (χ3n) is 3.10. The molecule has 0 saturated heterocycles. The van der Waals surface area contributed by atoms with E-state index in [1.165, 1.54) is 11.3 Å². The zero-order chi connectivity index (χ0) is 16.8. The molecular formula is C16H20N2O4S. The molecule has 0 bridgehead atoms. The molecular weight excluding hydrogens is 316 g/mol. The first-order chi connectivity index (χ1) is 11.0.